The van der Waals surface area contributed by atoms with E-state index in [2.05, 4.69) is 22.0 Å². The molecule has 0 N–H and O–H groups in total. The molecule has 0 unspecified atom stereocenters. The molecule has 0 aromatic heterocycles. The molecule has 1 saturated heterocycles. The van der Waals surface area contributed by atoms with Gasteiger partial charge in [0.1, 0.15) is 0 Å². The van der Waals surface area contributed by atoms with Crippen LogP contribution >= 0.6 is 7.81 Å². The Balaban J connectivity index is 0.000000256. The van der Waals surface area contributed by atoms with E-state index in [1.165, 1.54) is 23.9 Å². The molecule has 3 rings (SSSR count). The molecule has 2 aromatic rings. The van der Waals surface area contributed by atoms with Crippen molar-refractivity contribution in [1.82, 2.24) is 0 Å². The van der Waals surface area contributed by atoms with E-state index in [9.17, 15) is 25.2 Å². The Labute approximate surface area is 133 Å². The van der Waals surface area contributed by atoms with Crippen molar-refractivity contribution < 1.29 is 25.2 Å². The summed E-state index contributed by atoms with van der Waals surface area (Å²) in [6.07, 6.45) is 2.53. The minimum absolute atomic E-state index is 0.642. The van der Waals surface area contributed by atoms with Crippen molar-refractivity contribution in [2.75, 3.05) is 18.0 Å². The molecule has 3 nitrogen and oxygen atoms in total. The zero-order valence-electron chi connectivity index (χ0n) is 12.3. The average molecular weight is 369 g/mol. The molecule has 0 spiro atoms. The van der Waals surface area contributed by atoms with Crippen molar-refractivity contribution >= 4 is 30.0 Å². The Hall–Kier alpha value is -2.07. The number of diazo groups is 1. The van der Waals surface area contributed by atoms with Crippen LogP contribution in [0.3, 0.4) is 0 Å². The van der Waals surface area contributed by atoms with Crippen LogP contribution in [0.4, 0.5) is 36.6 Å². The Morgan fingerprint density at radius 3 is 1.83 bits per heavy atom. The van der Waals surface area contributed by atoms with Gasteiger partial charge in [-0.05, 0) is 25.0 Å². The SMILES string of the molecule is F[P-](F)(F)(F)(F)F.N#[N+]c1ccc(N2CCCC2)c2ccccc12. The van der Waals surface area contributed by atoms with Crippen LogP contribution in [0.2, 0.25) is 0 Å². The van der Waals surface area contributed by atoms with Gasteiger partial charge < -0.3 is 4.90 Å². The van der Waals surface area contributed by atoms with Crippen LogP contribution in [0, 0.1) is 5.39 Å². The molecule has 0 atom stereocenters. The third kappa shape index (κ3) is 5.85. The summed E-state index contributed by atoms with van der Waals surface area (Å²) in [5.41, 5.74) is 1.90. The van der Waals surface area contributed by atoms with Crippen LogP contribution in [0.25, 0.3) is 15.7 Å². The molecule has 0 saturated carbocycles. The van der Waals surface area contributed by atoms with Gasteiger partial charge in [-0.15, -0.1) is 0 Å². The van der Waals surface area contributed by atoms with E-state index in [4.69, 9.17) is 5.39 Å². The second kappa shape index (κ2) is 5.49. The smallest absolute Gasteiger partial charge is 0.371 e. The van der Waals surface area contributed by atoms with Crippen LogP contribution in [-0.2, 0) is 0 Å². The molecule has 0 amide bonds. The second-order valence-electron chi connectivity index (χ2n) is 5.40. The van der Waals surface area contributed by atoms with Gasteiger partial charge in [0.05, 0.1) is 5.39 Å². The van der Waals surface area contributed by atoms with Gasteiger partial charge >= 0.3 is 38.7 Å². The minimum atomic E-state index is -10.7. The number of halogens is 6. The summed E-state index contributed by atoms with van der Waals surface area (Å²) in [5.74, 6) is 0. The first-order chi connectivity index (χ1) is 10.8. The van der Waals surface area contributed by atoms with Gasteiger partial charge in [0.15, 0.2) is 4.98 Å². The minimum Gasteiger partial charge on any atom is -0.371 e. The predicted octanol–water partition coefficient (Wildman–Crippen LogP) is 7.31. The van der Waals surface area contributed by atoms with Gasteiger partial charge in [-0.2, -0.15) is 0 Å². The van der Waals surface area contributed by atoms with Crippen LogP contribution in [0.15, 0.2) is 36.4 Å². The number of benzene rings is 2. The van der Waals surface area contributed by atoms with Gasteiger partial charge in [0.25, 0.3) is 0 Å². The Morgan fingerprint density at radius 2 is 1.33 bits per heavy atom. The third-order valence-corrected chi connectivity index (χ3v) is 3.43. The monoisotopic (exact) mass is 369 g/mol. The van der Waals surface area contributed by atoms with Crippen molar-refractivity contribution in [3.63, 3.8) is 0 Å². The Kier molecular flexibility index (Phi) is 4.18. The molecule has 132 valence electrons. The number of hydrogen-bond donors (Lipinski definition) is 0. The van der Waals surface area contributed by atoms with Crippen LogP contribution < -0.4 is 4.90 Å². The van der Waals surface area contributed by atoms with Crippen LogP contribution in [-0.4, -0.2) is 13.1 Å². The Bertz CT molecular complexity index is 780. The van der Waals surface area contributed by atoms with E-state index >= 15 is 0 Å². The molecular formula is C14H14F6N3P. The molecule has 0 aliphatic carbocycles. The number of rotatable bonds is 1. The number of fused-ring (bicyclic) bond motifs is 1. The van der Waals surface area contributed by atoms with E-state index in [0.29, 0.717) is 5.69 Å². The number of hydrogen-bond acceptors (Lipinski definition) is 2. The number of anilines is 1. The first-order valence-corrected chi connectivity index (χ1v) is 9.06. The van der Waals surface area contributed by atoms with Crippen molar-refractivity contribution in [2.45, 2.75) is 12.8 Å². The maximum absolute atomic E-state index is 10.7. The van der Waals surface area contributed by atoms with Gasteiger partial charge in [0, 0.05) is 30.2 Å². The molecule has 2 aromatic carbocycles. The van der Waals surface area contributed by atoms with E-state index in [1.54, 1.807) is 0 Å². The van der Waals surface area contributed by atoms with Crippen molar-refractivity contribution in [2.24, 2.45) is 0 Å². The summed E-state index contributed by atoms with van der Waals surface area (Å²) < 4.78 is 59.2. The molecule has 1 aliphatic rings. The summed E-state index contributed by atoms with van der Waals surface area (Å²) in [6.45, 7) is 2.25. The molecule has 0 bridgehead atoms. The molecule has 10 heteroatoms. The largest absolute Gasteiger partial charge is 0.392 e. The fourth-order valence-corrected chi connectivity index (χ4v) is 2.59. The molecule has 24 heavy (non-hydrogen) atoms. The fraction of sp³-hybridized carbons (Fsp3) is 0.286. The second-order valence-corrected chi connectivity index (χ2v) is 7.32. The normalized spacial score (nSPS) is 17.5. The summed E-state index contributed by atoms with van der Waals surface area (Å²) in [5, 5.41) is 11.2. The predicted molar refractivity (Wildman–Crippen MR) is 83.7 cm³/mol. The van der Waals surface area contributed by atoms with Gasteiger partial charge in [-0.25, -0.2) is 0 Å². The topological polar surface area (TPSA) is 31.4 Å². The maximum atomic E-state index is 9.87. The summed E-state index contributed by atoms with van der Waals surface area (Å²) in [4.78, 5) is 5.75. The van der Waals surface area contributed by atoms with Gasteiger partial charge in [0.2, 0.25) is 5.39 Å². The van der Waals surface area contributed by atoms with E-state index in [1.807, 2.05) is 24.3 Å². The molecule has 1 heterocycles. The molecular weight excluding hydrogens is 355 g/mol. The van der Waals surface area contributed by atoms with Crippen molar-refractivity contribution in [1.29, 1.82) is 5.39 Å². The molecule has 1 aliphatic heterocycles. The van der Waals surface area contributed by atoms with Crippen LogP contribution in [0.5, 0.6) is 0 Å². The fourth-order valence-electron chi connectivity index (χ4n) is 2.59. The van der Waals surface area contributed by atoms with Crippen molar-refractivity contribution in [3.05, 3.63) is 41.4 Å². The van der Waals surface area contributed by atoms with E-state index < -0.39 is 7.81 Å². The molecule has 0 radical (unpaired) electrons. The quantitative estimate of drug-likeness (QED) is 0.300. The first-order valence-electron chi connectivity index (χ1n) is 7.03. The van der Waals surface area contributed by atoms with E-state index in [-0.39, 0.29) is 0 Å². The average Bonchev–Trinajstić information content (AvgIpc) is 2.96. The standard InChI is InChI=1S/C14H14N3.F6P/c15-16-13-7-8-14(17-9-3-4-10-17)12-6-2-1-5-11(12)13;1-7(2,3,4,5)6/h1-2,5-8H,3-4,9-10H2;/q+1;-1. The maximum Gasteiger partial charge on any atom is 0.392 e. The zero-order valence-corrected chi connectivity index (χ0v) is 13.2. The summed E-state index contributed by atoms with van der Waals surface area (Å²) in [6, 6.07) is 12.0. The summed E-state index contributed by atoms with van der Waals surface area (Å²) >= 11 is 0. The summed E-state index contributed by atoms with van der Waals surface area (Å²) in [7, 11) is -10.7. The van der Waals surface area contributed by atoms with Crippen molar-refractivity contribution in [3.8, 4) is 0 Å². The van der Waals surface area contributed by atoms with Crippen LogP contribution in [0.1, 0.15) is 12.8 Å². The molecule has 1 fully saturated rings. The number of nitrogens with zero attached hydrogens (tertiary/aromatic N) is 3. The first kappa shape index (κ1) is 18.3. The Morgan fingerprint density at radius 1 is 0.833 bits per heavy atom. The zero-order chi connectivity index (χ0) is 18.1. The third-order valence-electron chi connectivity index (χ3n) is 3.43. The van der Waals surface area contributed by atoms with E-state index in [0.717, 1.165) is 18.5 Å². The van der Waals surface area contributed by atoms with Gasteiger partial charge in [-0.3, -0.25) is 0 Å². The van der Waals surface area contributed by atoms with Gasteiger partial charge in [-0.1, -0.05) is 18.2 Å².